The van der Waals surface area contributed by atoms with Gasteiger partial charge < -0.3 is 11.1 Å². The van der Waals surface area contributed by atoms with Crippen molar-refractivity contribution in [3.63, 3.8) is 0 Å². The Balaban J connectivity index is 0.00000361. The zero-order valence-corrected chi connectivity index (χ0v) is 13.7. The van der Waals surface area contributed by atoms with Gasteiger partial charge in [0.05, 0.1) is 12.1 Å². The first-order valence-electron chi connectivity index (χ1n) is 6.95. The van der Waals surface area contributed by atoms with E-state index in [4.69, 9.17) is 5.73 Å². The van der Waals surface area contributed by atoms with E-state index in [0.717, 1.165) is 29.9 Å². The van der Waals surface area contributed by atoms with Gasteiger partial charge in [0.2, 0.25) is 5.91 Å². The highest BCUT2D eigenvalue weighted by Gasteiger charge is 2.15. The van der Waals surface area contributed by atoms with Crippen LogP contribution < -0.4 is 11.1 Å². The van der Waals surface area contributed by atoms with E-state index in [-0.39, 0.29) is 18.3 Å². The van der Waals surface area contributed by atoms with Crippen molar-refractivity contribution in [1.82, 2.24) is 15.1 Å². The molecule has 6 heteroatoms. The number of rotatable bonds is 7. The standard InChI is InChI=1S/C14H26N4O.ClH/c1-10(2)9-18-12(4)13(11(3)17-18)8-14(19)16-7-5-6-15;/h10H,5-9,15H2,1-4H3,(H,16,19);1H. The van der Waals surface area contributed by atoms with Crippen LogP contribution in [0.3, 0.4) is 0 Å². The Kier molecular flexibility index (Phi) is 8.49. The van der Waals surface area contributed by atoms with E-state index >= 15 is 0 Å². The first-order chi connectivity index (χ1) is 8.95. The lowest BCUT2D eigenvalue weighted by Crippen LogP contribution is -2.27. The summed E-state index contributed by atoms with van der Waals surface area (Å²) in [6, 6.07) is 0. The Bertz CT molecular complexity index is 429. The zero-order valence-electron chi connectivity index (χ0n) is 12.9. The zero-order chi connectivity index (χ0) is 14.4. The molecular formula is C14H27ClN4O. The van der Waals surface area contributed by atoms with Crippen LogP contribution in [0.25, 0.3) is 0 Å². The number of aryl methyl sites for hydroxylation is 1. The van der Waals surface area contributed by atoms with Gasteiger partial charge in [0, 0.05) is 24.3 Å². The molecule has 0 atom stereocenters. The normalized spacial score (nSPS) is 10.5. The van der Waals surface area contributed by atoms with Gasteiger partial charge in [0.25, 0.3) is 0 Å². The van der Waals surface area contributed by atoms with Gasteiger partial charge in [-0.25, -0.2) is 0 Å². The predicted molar refractivity (Wildman–Crippen MR) is 84.2 cm³/mol. The number of nitrogens with one attached hydrogen (secondary N) is 1. The number of nitrogens with two attached hydrogens (primary N) is 1. The maximum atomic E-state index is 11.8. The van der Waals surface area contributed by atoms with Crippen LogP contribution in [0.4, 0.5) is 0 Å². The molecule has 0 saturated heterocycles. The number of carbonyl (C=O) groups excluding carboxylic acids is 1. The Morgan fingerprint density at radius 2 is 2.05 bits per heavy atom. The van der Waals surface area contributed by atoms with Gasteiger partial charge in [0.15, 0.2) is 0 Å². The lowest BCUT2D eigenvalue weighted by Gasteiger charge is -2.08. The molecule has 0 bridgehead atoms. The fourth-order valence-electron chi connectivity index (χ4n) is 2.07. The summed E-state index contributed by atoms with van der Waals surface area (Å²) in [5, 5.41) is 7.40. The summed E-state index contributed by atoms with van der Waals surface area (Å²) < 4.78 is 2.00. The van der Waals surface area contributed by atoms with Crippen LogP contribution in [0.1, 0.15) is 37.2 Å². The topological polar surface area (TPSA) is 72.9 Å². The molecule has 1 heterocycles. The molecule has 116 valence electrons. The van der Waals surface area contributed by atoms with E-state index < -0.39 is 0 Å². The van der Waals surface area contributed by atoms with Gasteiger partial charge >= 0.3 is 0 Å². The van der Waals surface area contributed by atoms with Gasteiger partial charge in [-0.3, -0.25) is 9.48 Å². The van der Waals surface area contributed by atoms with Crippen molar-refractivity contribution < 1.29 is 4.79 Å². The van der Waals surface area contributed by atoms with Crippen LogP contribution in [0.15, 0.2) is 0 Å². The van der Waals surface area contributed by atoms with Crippen molar-refractivity contribution >= 4 is 18.3 Å². The van der Waals surface area contributed by atoms with Crippen LogP contribution in [-0.4, -0.2) is 28.8 Å². The molecule has 0 radical (unpaired) electrons. The number of aromatic nitrogens is 2. The third-order valence-corrected chi connectivity index (χ3v) is 3.11. The maximum absolute atomic E-state index is 11.8. The van der Waals surface area contributed by atoms with Crippen LogP contribution in [0.5, 0.6) is 0 Å². The highest BCUT2D eigenvalue weighted by Crippen LogP contribution is 2.15. The minimum absolute atomic E-state index is 0. The molecule has 0 spiro atoms. The molecule has 0 aliphatic rings. The first-order valence-corrected chi connectivity index (χ1v) is 6.95. The van der Waals surface area contributed by atoms with Crippen molar-refractivity contribution in [1.29, 1.82) is 0 Å². The summed E-state index contributed by atoms with van der Waals surface area (Å²) in [5.41, 5.74) is 8.50. The Labute approximate surface area is 127 Å². The first kappa shape index (κ1) is 18.9. The largest absolute Gasteiger partial charge is 0.356 e. The molecule has 0 aliphatic heterocycles. The summed E-state index contributed by atoms with van der Waals surface area (Å²) in [5.74, 6) is 0.591. The minimum Gasteiger partial charge on any atom is -0.356 e. The summed E-state index contributed by atoms with van der Waals surface area (Å²) in [7, 11) is 0. The van der Waals surface area contributed by atoms with Crippen molar-refractivity contribution in [2.45, 2.75) is 47.1 Å². The molecule has 5 nitrogen and oxygen atoms in total. The molecular weight excluding hydrogens is 276 g/mol. The molecule has 1 rings (SSSR count). The molecule has 1 aromatic rings. The summed E-state index contributed by atoms with van der Waals surface area (Å²) >= 11 is 0. The summed E-state index contributed by atoms with van der Waals surface area (Å²) in [6.07, 6.45) is 1.22. The quantitative estimate of drug-likeness (QED) is 0.751. The lowest BCUT2D eigenvalue weighted by molar-refractivity contribution is -0.120. The molecule has 20 heavy (non-hydrogen) atoms. The molecule has 1 aromatic heterocycles. The van der Waals surface area contributed by atoms with E-state index in [2.05, 4.69) is 24.3 Å². The summed E-state index contributed by atoms with van der Waals surface area (Å²) in [4.78, 5) is 11.8. The van der Waals surface area contributed by atoms with E-state index in [1.165, 1.54) is 0 Å². The van der Waals surface area contributed by atoms with Crippen molar-refractivity contribution in [3.05, 3.63) is 17.0 Å². The number of hydrogen-bond acceptors (Lipinski definition) is 3. The average Bonchev–Trinajstić information content (AvgIpc) is 2.56. The monoisotopic (exact) mass is 302 g/mol. The van der Waals surface area contributed by atoms with E-state index in [0.29, 0.717) is 25.4 Å². The van der Waals surface area contributed by atoms with Crippen LogP contribution in [0.2, 0.25) is 0 Å². The fraction of sp³-hybridized carbons (Fsp3) is 0.714. The van der Waals surface area contributed by atoms with Gasteiger partial charge in [-0.05, 0) is 32.7 Å². The third-order valence-electron chi connectivity index (χ3n) is 3.11. The number of nitrogens with zero attached hydrogens (tertiary/aromatic N) is 2. The average molecular weight is 303 g/mol. The predicted octanol–water partition coefficient (Wildman–Crippen LogP) is 1.59. The van der Waals surface area contributed by atoms with Gasteiger partial charge in [-0.15, -0.1) is 12.4 Å². The Morgan fingerprint density at radius 3 is 2.60 bits per heavy atom. The molecule has 0 unspecified atom stereocenters. The number of halogens is 1. The summed E-state index contributed by atoms with van der Waals surface area (Å²) in [6.45, 7) is 10.5. The number of hydrogen-bond donors (Lipinski definition) is 2. The van der Waals surface area contributed by atoms with E-state index in [1.807, 2.05) is 18.5 Å². The lowest BCUT2D eigenvalue weighted by atomic mass is 10.1. The van der Waals surface area contributed by atoms with Crippen LogP contribution in [0, 0.1) is 19.8 Å². The van der Waals surface area contributed by atoms with Crippen molar-refractivity contribution in [3.8, 4) is 0 Å². The minimum atomic E-state index is 0. The molecule has 1 amide bonds. The second-order valence-corrected chi connectivity index (χ2v) is 5.39. The van der Waals surface area contributed by atoms with Crippen molar-refractivity contribution in [2.24, 2.45) is 11.7 Å². The molecule has 0 saturated carbocycles. The molecule has 0 aromatic carbocycles. The maximum Gasteiger partial charge on any atom is 0.224 e. The van der Waals surface area contributed by atoms with Crippen molar-refractivity contribution in [2.75, 3.05) is 13.1 Å². The fourth-order valence-corrected chi connectivity index (χ4v) is 2.07. The van der Waals surface area contributed by atoms with E-state index in [1.54, 1.807) is 0 Å². The second kappa shape index (κ2) is 8.97. The Hall–Kier alpha value is -1.07. The molecule has 0 fully saturated rings. The highest BCUT2D eigenvalue weighted by molar-refractivity contribution is 5.85. The van der Waals surface area contributed by atoms with Gasteiger partial charge in [-0.1, -0.05) is 13.8 Å². The van der Waals surface area contributed by atoms with Crippen LogP contribution >= 0.6 is 12.4 Å². The third kappa shape index (κ3) is 5.51. The SMILES string of the molecule is Cc1nn(CC(C)C)c(C)c1CC(=O)NCCCN.Cl. The molecule has 3 N–H and O–H groups in total. The number of carbonyl (C=O) groups is 1. The van der Waals surface area contributed by atoms with E-state index in [9.17, 15) is 4.79 Å². The number of amides is 1. The van der Waals surface area contributed by atoms with Gasteiger partial charge in [0.1, 0.15) is 0 Å². The Morgan fingerprint density at radius 1 is 1.40 bits per heavy atom. The second-order valence-electron chi connectivity index (χ2n) is 5.39. The van der Waals surface area contributed by atoms with Crippen LogP contribution in [-0.2, 0) is 17.8 Å². The highest BCUT2D eigenvalue weighted by atomic mass is 35.5. The van der Waals surface area contributed by atoms with Gasteiger partial charge in [-0.2, -0.15) is 5.10 Å². The molecule has 0 aliphatic carbocycles. The smallest absolute Gasteiger partial charge is 0.224 e.